The number of halogens is 2. The van der Waals surface area contributed by atoms with Gasteiger partial charge < -0.3 is 35.7 Å². The number of carbonyl (C=O) groups excluding carboxylic acids is 1. The summed E-state index contributed by atoms with van der Waals surface area (Å²) in [4.78, 5) is 16.7. The Hall–Kier alpha value is -3.19. The molecular weight excluding hydrogens is 579 g/mol. The molecule has 0 spiro atoms. The molecule has 0 bridgehead atoms. The van der Waals surface area contributed by atoms with Crippen molar-refractivity contribution in [2.45, 2.75) is 84.2 Å². The van der Waals surface area contributed by atoms with Crippen molar-refractivity contribution in [2.24, 2.45) is 15.8 Å². The van der Waals surface area contributed by atoms with Crippen LogP contribution in [0.15, 0.2) is 51.3 Å². The van der Waals surface area contributed by atoms with E-state index in [1.165, 1.54) is 18.2 Å². The first-order valence-corrected chi connectivity index (χ1v) is 14.9. The number of rotatable bonds is 12. The number of hydrogen-bond acceptors (Lipinski definition) is 9. The molecule has 11 nitrogen and oxygen atoms in total. The third kappa shape index (κ3) is 10.5. The van der Waals surface area contributed by atoms with E-state index in [1.54, 1.807) is 11.2 Å². The summed E-state index contributed by atoms with van der Waals surface area (Å²) in [6.07, 6.45) is 5.72. The number of nitrogens with two attached hydrogens (primary N) is 1. The van der Waals surface area contributed by atoms with Gasteiger partial charge in [0, 0.05) is 18.2 Å². The number of amides is 1. The zero-order valence-electron chi connectivity index (χ0n) is 25.5. The van der Waals surface area contributed by atoms with E-state index in [9.17, 15) is 9.18 Å². The summed E-state index contributed by atoms with van der Waals surface area (Å²) in [5.74, 6) is -0.365. The topological polar surface area (TPSA) is 143 Å². The number of hydrazone groups is 1. The number of alkyl carbamates (subject to hydrolysis) is 1. The van der Waals surface area contributed by atoms with Crippen LogP contribution in [0.5, 0.6) is 0 Å². The maximum absolute atomic E-state index is 13.9. The quantitative estimate of drug-likeness (QED) is 0.149. The van der Waals surface area contributed by atoms with E-state index in [1.807, 2.05) is 40.7 Å². The lowest BCUT2D eigenvalue weighted by molar-refractivity contribution is -0.0545. The second-order valence-corrected chi connectivity index (χ2v) is 11.7. The zero-order valence-corrected chi connectivity index (χ0v) is 26.3. The molecule has 1 amide bonds. The summed E-state index contributed by atoms with van der Waals surface area (Å²) in [5, 5.41) is 22.1. The first-order chi connectivity index (χ1) is 20.4. The molecule has 1 heterocycles. The van der Waals surface area contributed by atoms with Crippen LogP contribution in [0.25, 0.3) is 0 Å². The predicted octanol–water partition coefficient (Wildman–Crippen LogP) is 4.72. The fraction of sp³-hybridized carbons (Fsp3) is 0.567. The van der Waals surface area contributed by atoms with Crippen molar-refractivity contribution in [1.82, 2.24) is 15.6 Å². The molecule has 1 saturated carbocycles. The molecule has 0 aromatic heterocycles. The van der Waals surface area contributed by atoms with Gasteiger partial charge in [-0.05, 0) is 72.4 Å². The van der Waals surface area contributed by atoms with Crippen molar-refractivity contribution < 1.29 is 28.5 Å². The lowest BCUT2D eigenvalue weighted by Gasteiger charge is -2.37. The van der Waals surface area contributed by atoms with Crippen LogP contribution in [-0.2, 0) is 14.2 Å². The van der Waals surface area contributed by atoms with Crippen molar-refractivity contribution in [3.8, 4) is 0 Å². The molecule has 0 saturated heterocycles. The number of carbonyl (C=O) groups is 1. The molecule has 2 aliphatic rings. The summed E-state index contributed by atoms with van der Waals surface area (Å²) in [5.41, 5.74) is 8.08. The predicted molar refractivity (Wildman–Crippen MR) is 166 cm³/mol. The van der Waals surface area contributed by atoms with Gasteiger partial charge in [-0.15, -0.1) is 0 Å². The van der Waals surface area contributed by atoms with E-state index in [2.05, 4.69) is 20.7 Å². The van der Waals surface area contributed by atoms with Crippen molar-refractivity contribution in [3.05, 3.63) is 52.1 Å². The van der Waals surface area contributed by atoms with Gasteiger partial charge in [0.1, 0.15) is 23.5 Å². The van der Waals surface area contributed by atoms with Crippen LogP contribution in [0.2, 0.25) is 5.02 Å². The number of nitrogens with one attached hydrogen (secondary N) is 2. The van der Waals surface area contributed by atoms with Crippen LogP contribution >= 0.6 is 11.6 Å². The number of aliphatic hydroxyl groups excluding tert-OH is 1. The Bertz CT molecular complexity index is 1220. The molecule has 5 N–H and O–H groups in total. The van der Waals surface area contributed by atoms with Crippen molar-refractivity contribution in [1.29, 1.82) is 0 Å². The van der Waals surface area contributed by atoms with Crippen molar-refractivity contribution >= 4 is 35.4 Å². The zero-order chi connectivity index (χ0) is 31.6. The van der Waals surface area contributed by atoms with E-state index < -0.39 is 23.7 Å². The highest BCUT2D eigenvalue weighted by molar-refractivity contribution is 6.33. The lowest BCUT2D eigenvalue weighted by Crippen LogP contribution is -2.45. The van der Waals surface area contributed by atoms with Gasteiger partial charge in [0.25, 0.3) is 0 Å². The molecule has 1 aliphatic carbocycles. The second-order valence-electron chi connectivity index (χ2n) is 11.3. The largest absolute Gasteiger partial charge is 0.444 e. The number of aliphatic hydroxyl groups is 1. The van der Waals surface area contributed by atoms with Gasteiger partial charge in [0.05, 0.1) is 60.3 Å². The molecule has 238 valence electrons. The summed E-state index contributed by atoms with van der Waals surface area (Å²) < 4.78 is 30.6. The number of ether oxygens (including phenoxy) is 3. The number of aliphatic imine (C=N–C) groups is 1. The fourth-order valence-electron chi connectivity index (χ4n) is 4.75. The average Bonchev–Trinajstić information content (AvgIpc) is 2.94. The number of allylic oxidation sites excluding steroid dienone is 1. The Morgan fingerprint density at radius 1 is 1.26 bits per heavy atom. The maximum Gasteiger partial charge on any atom is 0.407 e. The Balaban J connectivity index is 1.82. The first kappa shape index (κ1) is 34.3. The first-order valence-electron chi connectivity index (χ1n) is 14.5. The summed E-state index contributed by atoms with van der Waals surface area (Å²) >= 11 is 6.26. The molecule has 1 unspecified atom stereocenters. The Kier molecular flexibility index (Phi) is 12.8. The monoisotopic (exact) mass is 622 g/mol. The Morgan fingerprint density at radius 3 is 2.60 bits per heavy atom. The highest BCUT2D eigenvalue weighted by Gasteiger charge is 2.31. The van der Waals surface area contributed by atoms with Crippen LogP contribution in [0.3, 0.4) is 0 Å². The highest BCUT2D eigenvalue weighted by Crippen LogP contribution is 2.30. The van der Waals surface area contributed by atoms with Crippen LogP contribution in [0.4, 0.5) is 14.9 Å². The van der Waals surface area contributed by atoms with E-state index in [4.69, 9.17) is 36.7 Å². The van der Waals surface area contributed by atoms with Gasteiger partial charge >= 0.3 is 6.09 Å². The molecule has 3 rings (SSSR count). The third-order valence-electron chi connectivity index (χ3n) is 6.75. The standard InChI is InChI=1S/C30H44ClFN6O5/c1-6-26-27(35-21-8-10-22(11-9-21)36-29(40)43-30(3,4)5)23(28(33)37-25-17-20(32)7-12-24(25)31)18-34-38(26)19(2)42-16-15-41-14-13-39/h6-7,12,17-19,21-22,35,39H,8-11,13-16H2,1-5H3,(H2,33,37)(H,36,40)/b26-6-/t19?,21-,22-. The lowest BCUT2D eigenvalue weighted by atomic mass is 9.90. The van der Waals surface area contributed by atoms with Crippen LogP contribution in [-0.4, -0.2) is 78.6 Å². The van der Waals surface area contributed by atoms with Gasteiger partial charge in [-0.2, -0.15) is 5.10 Å². The van der Waals surface area contributed by atoms with Crippen LogP contribution < -0.4 is 16.4 Å². The summed E-state index contributed by atoms with van der Waals surface area (Å²) in [6, 6.07) is 3.98. The molecular formula is C30H44ClFN6O5. The van der Waals surface area contributed by atoms with Crippen molar-refractivity contribution in [2.75, 3.05) is 26.4 Å². The minimum Gasteiger partial charge on any atom is -0.444 e. The fourth-order valence-corrected chi connectivity index (χ4v) is 4.91. The molecule has 0 radical (unpaired) electrons. The van der Waals surface area contributed by atoms with Crippen LogP contribution in [0, 0.1) is 5.82 Å². The minimum atomic E-state index is -0.562. The Labute approximate surface area is 258 Å². The van der Waals surface area contributed by atoms with E-state index in [-0.39, 0.29) is 41.8 Å². The summed E-state index contributed by atoms with van der Waals surface area (Å²) in [7, 11) is 0. The minimum absolute atomic E-state index is 0.00943. The molecule has 1 fully saturated rings. The van der Waals surface area contributed by atoms with Crippen LogP contribution in [0.1, 0.15) is 60.3 Å². The summed E-state index contributed by atoms with van der Waals surface area (Å²) in [6.45, 7) is 10.1. The van der Waals surface area contributed by atoms with Gasteiger partial charge in [-0.25, -0.2) is 19.2 Å². The Morgan fingerprint density at radius 2 is 1.95 bits per heavy atom. The highest BCUT2D eigenvalue weighted by atomic mass is 35.5. The smallest absolute Gasteiger partial charge is 0.407 e. The van der Waals surface area contributed by atoms with Crippen molar-refractivity contribution in [3.63, 3.8) is 0 Å². The molecule has 1 aromatic rings. The van der Waals surface area contributed by atoms with E-state index in [0.717, 1.165) is 31.4 Å². The van der Waals surface area contributed by atoms with E-state index in [0.29, 0.717) is 24.5 Å². The van der Waals surface area contributed by atoms with E-state index >= 15 is 0 Å². The van der Waals surface area contributed by atoms with Gasteiger partial charge in [-0.1, -0.05) is 17.7 Å². The molecule has 1 atom stereocenters. The van der Waals surface area contributed by atoms with Gasteiger partial charge in [0.2, 0.25) is 0 Å². The second kappa shape index (κ2) is 16.0. The number of hydrogen-bond donors (Lipinski definition) is 4. The number of amidine groups is 1. The molecule has 13 heteroatoms. The SMILES string of the molecule is C/C=C1C(N[C@H]2CC[C@H](NC(=O)OC(C)(C)C)CC2)=C(/C(N)=N/c2cc(F)ccc2Cl)C=NN/1C(C)OCCOCCO. The van der Waals surface area contributed by atoms with Gasteiger partial charge in [0.15, 0.2) is 0 Å². The maximum atomic E-state index is 13.9. The average molecular weight is 623 g/mol. The number of nitrogens with zero attached hydrogens (tertiary/aromatic N) is 3. The van der Waals surface area contributed by atoms with Gasteiger partial charge in [-0.3, -0.25) is 0 Å². The molecule has 43 heavy (non-hydrogen) atoms. The number of benzene rings is 1. The molecule has 1 aliphatic heterocycles. The third-order valence-corrected chi connectivity index (χ3v) is 7.06. The molecule has 1 aromatic carbocycles. The normalized spacial score (nSPS) is 21.3.